The van der Waals surface area contributed by atoms with Crippen molar-refractivity contribution in [3.63, 3.8) is 0 Å². The number of imide groups is 1. The minimum absolute atomic E-state index is 0.152. The number of amides is 2. The van der Waals surface area contributed by atoms with Gasteiger partial charge in [0.25, 0.3) is 0 Å². The first kappa shape index (κ1) is 21.2. The van der Waals surface area contributed by atoms with Crippen LogP contribution >= 0.6 is 0 Å². The second-order valence-corrected chi connectivity index (χ2v) is 8.72. The third kappa shape index (κ3) is 2.96. The minimum atomic E-state index is -0.892. The maximum atomic E-state index is 14.0. The summed E-state index contributed by atoms with van der Waals surface area (Å²) in [7, 11) is 2.99. The Morgan fingerprint density at radius 3 is 2.49 bits per heavy atom. The molecule has 35 heavy (non-hydrogen) atoms. The van der Waals surface area contributed by atoms with Gasteiger partial charge in [-0.2, -0.15) is 0 Å². The third-order valence-electron chi connectivity index (χ3n) is 7.12. The van der Waals surface area contributed by atoms with Crippen LogP contribution in [0.3, 0.4) is 0 Å². The van der Waals surface area contributed by atoms with E-state index in [1.165, 1.54) is 20.5 Å². The van der Waals surface area contributed by atoms with Crippen molar-refractivity contribution in [3.05, 3.63) is 83.9 Å². The molecule has 1 aromatic heterocycles. The molecule has 2 saturated heterocycles. The van der Waals surface area contributed by atoms with E-state index in [1.807, 2.05) is 41.4 Å². The van der Waals surface area contributed by atoms with Gasteiger partial charge in [0.1, 0.15) is 17.5 Å². The Hall–Kier alpha value is -4.33. The van der Waals surface area contributed by atoms with Crippen molar-refractivity contribution in [2.75, 3.05) is 19.1 Å². The number of benzene rings is 2. The lowest BCUT2D eigenvalue weighted by molar-refractivity contribution is -0.123. The van der Waals surface area contributed by atoms with Gasteiger partial charge in [-0.05, 0) is 41.5 Å². The van der Waals surface area contributed by atoms with Crippen LogP contribution in [0.1, 0.15) is 27.7 Å². The Labute approximate surface area is 201 Å². The molecule has 0 bridgehead atoms. The Balaban J connectivity index is 1.51. The zero-order chi connectivity index (χ0) is 24.3. The maximum Gasteiger partial charge on any atom is 0.240 e. The number of methoxy groups -OCH3 is 2. The molecule has 2 aromatic carbocycles. The van der Waals surface area contributed by atoms with Gasteiger partial charge >= 0.3 is 0 Å². The lowest BCUT2D eigenvalue weighted by Crippen LogP contribution is -2.44. The van der Waals surface area contributed by atoms with Crippen molar-refractivity contribution in [1.29, 1.82) is 0 Å². The van der Waals surface area contributed by atoms with Gasteiger partial charge in [-0.15, -0.1) is 0 Å². The number of hydrogen-bond acceptors (Lipinski definition) is 7. The minimum Gasteiger partial charge on any atom is -0.497 e. The van der Waals surface area contributed by atoms with Gasteiger partial charge < -0.3 is 18.8 Å². The molecule has 0 aliphatic carbocycles. The Morgan fingerprint density at radius 1 is 0.943 bits per heavy atom. The average molecular weight is 470 g/mol. The number of anilines is 1. The average Bonchev–Trinajstić information content (AvgIpc) is 3.60. The lowest BCUT2D eigenvalue weighted by atomic mass is 9.84. The molecule has 3 aliphatic heterocycles. The fourth-order valence-corrected chi connectivity index (χ4v) is 5.63. The largest absolute Gasteiger partial charge is 0.497 e. The highest BCUT2D eigenvalue weighted by molar-refractivity contribution is 6.25. The summed E-state index contributed by atoms with van der Waals surface area (Å²) in [4.78, 5) is 44.6. The zero-order valence-electron chi connectivity index (χ0n) is 19.1. The Bertz CT molecular complexity index is 1380. The second kappa shape index (κ2) is 7.87. The molecule has 6 rings (SSSR count). The van der Waals surface area contributed by atoms with Crippen molar-refractivity contribution in [2.45, 2.75) is 12.1 Å². The van der Waals surface area contributed by atoms with Crippen molar-refractivity contribution in [2.24, 2.45) is 11.8 Å². The molecule has 4 heterocycles. The molecule has 8 nitrogen and oxygen atoms in total. The van der Waals surface area contributed by atoms with Gasteiger partial charge in [0, 0.05) is 12.3 Å². The van der Waals surface area contributed by atoms with Crippen molar-refractivity contribution in [1.82, 2.24) is 4.90 Å². The van der Waals surface area contributed by atoms with E-state index in [0.717, 1.165) is 16.0 Å². The first-order chi connectivity index (χ1) is 17.0. The number of carbonyl (C=O) groups is 3. The quantitative estimate of drug-likeness (QED) is 0.415. The van der Waals surface area contributed by atoms with E-state index < -0.39 is 29.8 Å². The van der Waals surface area contributed by atoms with Crippen LogP contribution in [0.15, 0.2) is 71.5 Å². The number of nitrogens with zero attached hydrogens (tertiary/aromatic N) is 2. The van der Waals surface area contributed by atoms with Crippen LogP contribution in [0, 0.1) is 11.8 Å². The van der Waals surface area contributed by atoms with Crippen LogP contribution in [0.5, 0.6) is 11.5 Å². The molecule has 4 atom stereocenters. The van der Waals surface area contributed by atoms with Gasteiger partial charge in [-0.3, -0.25) is 14.4 Å². The molecule has 0 N–H and O–H groups in total. The molecule has 3 aliphatic rings. The number of rotatable bonds is 5. The van der Waals surface area contributed by atoms with Crippen LogP contribution in [-0.2, 0) is 9.59 Å². The van der Waals surface area contributed by atoms with Crippen LogP contribution in [-0.4, -0.2) is 42.8 Å². The molecular weight excluding hydrogens is 448 g/mol. The summed E-state index contributed by atoms with van der Waals surface area (Å²) in [5, 5.41) is 0. The van der Waals surface area contributed by atoms with Crippen LogP contribution < -0.4 is 14.4 Å². The zero-order valence-corrected chi connectivity index (χ0v) is 19.1. The summed E-state index contributed by atoms with van der Waals surface area (Å²) in [5.74, 6) is -1.81. The summed E-state index contributed by atoms with van der Waals surface area (Å²) < 4.78 is 16.2. The van der Waals surface area contributed by atoms with Crippen LogP contribution in [0.4, 0.5) is 5.69 Å². The van der Waals surface area contributed by atoms with E-state index in [9.17, 15) is 14.4 Å². The van der Waals surface area contributed by atoms with E-state index in [4.69, 9.17) is 13.9 Å². The number of fused-ring (bicyclic) bond motifs is 5. The number of carbonyl (C=O) groups excluding carboxylic acids is 3. The molecule has 8 heteroatoms. The predicted molar refractivity (Wildman–Crippen MR) is 126 cm³/mol. The number of Topliss-reactive ketones (excluding diaryl/α,β-unsaturated/α-hetero) is 1. The fraction of sp³-hybridized carbons (Fsp3) is 0.222. The monoisotopic (exact) mass is 470 g/mol. The van der Waals surface area contributed by atoms with Crippen molar-refractivity contribution in [3.8, 4) is 11.5 Å². The fourth-order valence-electron chi connectivity index (χ4n) is 5.63. The molecule has 0 unspecified atom stereocenters. The highest BCUT2D eigenvalue weighted by Crippen LogP contribution is 2.54. The van der Waals surface area contributed by atoms with Crippen molar-refractivity contribution >= 4 is 29.4 Å². The Kier molecular flexibility index (Phi) is 4.77. The smallest absolute Gasteiger partial charge is 0.240 e. The second-order valence-electron chi connectivity index (χ2n) is 8.72. The molecule has 0 saturated carbocycles. The number of furan rings is 1. The van der Waals surface area contributed by atoms with E-state index in [-0.39, 0.29) is 17.5 Å². The Morgan fingerprint density at radius 2 is 1.74 bits per heavy atom. The molecule has 2 amide bonds. The first-order valence-corrected chi connectivity index (χ1v) is 11.3. The summed E-state index contributed by atoms with van der Waals surface area (Å²) in [6.45, 7) is 0. The SMILES string of the molecule is COc1ccc(OC)c(N2C(=O)[C@@H]3[C@H](C2=O)[C@H]2c4ccccc4C=CN2[C@@H]3C(=O)c2ccco2)c1. The molecule has 0 spiro atoms. The van der Waals surface area contributed by atoms with E-state index in [1.54, 1.807) is 30.3 Å². The van der Waals surface area contributed by atoms with E-state index in [2.05, 4.69) is 0 Å². The van der Waals surface area contributed by atoms with Gasteiger partial charge in [0.2, 0.25) is 17.6 Å². The van der Waals surface area contributed by atoms with E-state index >= 15 is 0 Å². The maximum absolute atomic E-state index is 14.0. The predicted octanol–water partition coefficient (Wildman–Crippen LogP) is 3.70. The molecule has 2 fully saturated rings. The number of hydrogen-bond donors (Lipinski definition) is 0. The van der Waals surface area contributed by atoms with Gasteiger partial charge in [0.15, 0.2) is 5.76 Å². The van der Waals surface area contributed by atoms with Gasteiger partial charge in [0.05, 0.1) is 44.0 Å². The van der Waals surface area contributed by atoms with E-state index in [0.29, 0.717) is 17.2 Å². The molecule has 176 valence electrons. The number of ketones is 1. The summed E-state index contributed by atoms with van der Waals surface area (Å²) in [6, 6.07) is 14.5. The first-order valence-electron chi connectivity index (χ1n) is 11.3. The molecule has 0 radical (unpaired) electrons. The lowest BCUT2D eigenvalue weighted by Gasteiger charge is -2.35. The highest BCUT2D eigenvalue weighted by Gasteiger charge is 2.65. The van der Waals surface area contributed by atoms with Gasteiger partial charge in [-0.1, -0.05) is 24.3 Å². The summed E-state index contributed by atoms with van der Waals surface area (Å²) in [5.41, 5.74) is 2.16. The molecular formula is C27H22N2O6. The van der Waals surface area contributed by atoms with Crippen LogP contribution in [0.2, 0.25) is 0 Å². The molecule has 3 aromatic rings. The number of ether oxygens (including phenoxy) is 2. The normalized spacial score (nSPS) is 24.3. The topological polar surface area (TPSA) is 89.3 Å². The standard InChI is InChI=1S/C27H22N2O6/c1-33-16-9-10-19(34-2)18(14-16)29-26(31)21-22(27(29)32)24(25(30)20-8-5-13-35-20)28-12-11-15-6-3-4-7-17(15)23(21)28/h3-14,21-24H,1-2H3/t21-,22+,23+,24-/m0/s1. The van der Waals surface area contributed by atoms with Crippen molar-refractivity contribution < 1.29 is 28.3 Å². The van der Waals surface area contributed by atoms with Crippen LogP contribution in [0.25, 0.3) is 6.08 Å². The van der Waals surface area contributed by atoms with Gasteiger partial charge in [-0.25, -0.2) is 4.90 Å². The third-order valence-corrected chi connectivity index (χ3v) is 7.12. The summed E-state index contributed by atoms with van der Waals surface area (Å²) >= 11 is 0. The summed E-state index contributed by atoms with van der Waals surface area (Å²) in [6.07, 6.45) is 5.15. The highest BCUT2D eigenvalue weighted by atomic mass is 16.5.